The van der Waals surface area contributed by atoms with E-state index in [4.69, 9.17) is 14.2 Å². The standard InChI is InChI=1S/C24H24N6O3/c31-21(29-12-14-32-15-13-29)8-11-30-20-7-6-17(16-19(20)26-28-30)22-25-23(33-27-22)24(9-10-24)18-4-2-1-3-5-18/h1-7,16H,8-15H2. The van der Waals surface area contributed by atoms with Crippen LogP contribution in [0, 0.1) is 0 Å². The number of carbonyl (C=O) groups excluding carboxylic acids is 1. The number of hydrogen-bond acceptors (Lipinski definition) is 7. The summed E-state index contributed by atoms with van der Waals surface area (Å²) in [5.74, 6) is 1.32. The maximum Gasteiger partial charge on any atom is 0.237 e. The number of carbonyl (C=O) groups is 1. The molecule has 9 heteroatoms. The van der Waals surface area contributed by atoms with E-state index in [0.717, 1.165) is 29.4 Å². The summed E-state index contributed by atoms with van der Waals surface area (Å²) in [5.41, 5.74) is 3.50. The average Bonchev–Trinajstić information content (AvgIpc) is 3.35. The van der Waals surface area contributed by atoms with Crippen LogP contribution in [0.4, 0.5) is 0 Å². The van der Waals surface area contributed by atoms with Crippen LogP contribution in [0.1, 0.15) is 30.7 Å². The quantitative estimate of drug-likeness (QED) is 0.451. The van der Waals surface area contributed by atoms with Gasteiger partial charge in [-0.2, -0.15) is 4.98 Å². The molecular formula is C24H24N6O3. The molecule has 1 amide bonds. The first-order chi connectivity index (χ1) is 16.2. The van der Waals surface area contributed by atoms with E-state index in [1.807, 2.05) is 41.3 Å². The third-order valence-electron chi connectivity index (χ3n) is 6.59. The minimum Gasteiger partial charge on any atom is -0.378 e. The van der Waals surface area contributed by atoms with E-state index in [-0.39, 0.29) is 11.3 Å². The lowest BCUT2D eigenvalue weighted by Crippen LogP contribution is -2.41. The van der Waals surface area contributed by atoms with Crippen molar-refractivity contribution < 1.29 is 14.1 Å². The van der Waals surface area contributed by atoms with Crippen LogP contribution in [0.5, 0.6) is 0 Å². The van der Waals surface area contributed by atoms with Gasteiger partial charge < -0.3 is 14.2 Å². The van der Waals surface area contributed by atoms with Gasteiger partial charge in [-0.1, -0.05) is 40.7 Å². The number of hydrogen-bond donors (Lipinski definition) is 0. The van der Waals surface area contributed by atoms with Crippen molar-refractivity contribution in [1.82, 2.24) is 30.0 Å². The van der Waals surface area contributed by atoms with E-state index in [1.165, 1.54) is 5.56 Å². The largest absolute Gasteiger partial charge is 0.378 e. The number of morpholine rings is 1. The number of benzene rings is 2. The van der Waals surface area contributed by atoms with Crippen molar-refractivity contribution in [3.05, 3.63) is 60.0 Å². The molecule has 2 aliphatic rings. The summed E-state index contributed by atoms with van der Waals surface area (Å²) in [7, 11) is 0. The van der Waals surface area contributed by atoms with Gasteiger partial charge in [-0.15, -0.1) is 5.10 Å². The lowest BCUT2D eigenvalue weighted by Gasteiger charge is -2.26. The smallest absolute Gasteiger partial charge is 0.237 e. The molecule has 3 heterocycles. The predicted molar refractivity (Wildman–Crippen MR) is 119 cm³/mol. The molecule has 1 saturated heterocycles. The van der Waals surface area contributed by atoms with Crippen LogP contribution in [-0.4, -0.2) is 62.2 Å². The molecule has 33 heavy (non-hydrogen) atoms. The highest BCUT2D eigenvalue weighted by molar-refractivity contribution is 5.80. The van der Waals surface area contributed by atoms with Crippen LogP contribution >= 0.6 is 0 Å². The number of fused-ring (bicyclic) bond motifs is 1. The van der Waals surface area contributed by atoms with Crippen LogP contribution in [0.15, 0.2) is 53.1 Å². The van der Waals surface area contributed by atoms with Crippen molar-refractivity contribution in [1.29, 1.82) is 0 Å². The summed E-state index contributed by atoms with van der Waals surface area (Å²) in [4.78, 5) is 19.0. The average molecular weight is 444 g/mol. The Bertz CT molecular complexity index is 1290. The van der Waals surface area contributed by atoms with Gasteiger partial charge in [0.05, 0.1) is 30.7 Å². The van der Waals surface area contributed by atoms with Gasteiger partial charge in [-0.05, 0) is 36.6 Å². The number of nitrogens with zero attached hydrogens (tertiary/aromatic N) is 6. The molecule has 0 radical (unpaired) electrons. The van der Waals surface area contributed by atoms with Crippen molar-refractivity contribution in [2.24, 2.45) is 0 Å². The van der Waals surface area contributed by atoms with Gasteiger partial charge in [-0.25, -0.2) is 4.68 Å². The summed E-state index contributed by atoms with van der Waals surface area (Å²) in [6.45, 7) is 2.99. The first-order valence-electron chi connectivity index (χ1n) is 11.3. The zero-order valence-electron chi connectivity index (χ0n) is 18.2. The Balaban J connectivity index is 1.19. The van der Waals surface area contributed by atoms with Gasteiger partial charge in [0.2, 0.25) is 17.6 Å². The van der Waals surface area contributed by atoms with E-state index in [9.17, 15) is 4.79 Å². The van der Waals surface area contributed by atoms with Crippen molar-refractivity contribution in [2.75, 3.05) is 26.3 Å². The molecule has 0 unspecified atom stereocenters. The second-order valence-electron chi connectivity index (χ2n) is 8.63. The molecule has 2 fully saturated rings. The highest BCUT2D eigenvalue weighted by Crippen LogP contribution is 2.52. The van der Waals surface area contributed by atoms with Gasteiger partial charge in [0.1, 0.15) is 5.52 Å². The molecule has 1 aliphatic carbocycles. The molecule has 0 N–H and O–H groups in total. The minimum atomic E-state index is -0.160. The zero-order valence-corrected chi connectivity index (χ0v) is 18.2. The number of aromatic nitrogens is 5. The fourth-order valence-corrected chi connectivity index (χ4v) is 4.49. The molecule has 2 aromatic heterocycles. The van der Waals surface area contributed by atoms with Gasteiger partial charge in [-0.3, -0.25) is 4.79 Å². The van der Waals surface area contributed by atoms with Crippen LogP contribution in [-0.2, 0) is 21.5 Å². The van der Waals surface area contributed by atoms with E-state index >= 15 is 0 Å². The molecule has 0 spiro atoms. The zero-order chi connectivity index (χ0) is 22.3. The van der Waals surface area contributed by atoms with Crippen molar-refractivity contribution in [3.63, 3.8) is 0 Å². The number of ether oxygens (including phenoxy) is 1. The summed E-state index contributed by atoms with van der Waals surface area (Å²) in [5, 5.41) is 12.8. The maximum atomic E-state index is 12.4. The molecular weight excluding hydrogens is 420 g/mol. The van der Waals surface area contributed by atoms with E-state index in [1.54, 1.807) is 4.68 Å². The van der Waals surface area contributed by atoms with Gasteiger partial charge >= 0.3 is 0 Å². The summed E-state index contributed by atoms with van der Waals surface area (Å²) >= 11 is 0. The monoisotopic (exact) mass is 444 g/mol. The fourth-order valence-electron chi connectivity index (χ4n) is 4.49. The Morgan fingerprint density at radius 1 is 1.06 bits per heavy atom. The van der Waals surface area contributed by atoms with Crippen molar-refractivity contribution >= 4 is 16.9 Å². The molecule has 1 saturated carbocycles. The van der Waals surface area contributed by atoms with E-state index in [0.29, 0.717) is 51.0 Å². The van der Waals surface area contributed by atoms with Gasteiger partial charge in [0, 0.05) is 25.1 Å². The third kappa shape index (κ3) is 3.68. The van der Waals surface area contributed by atoms with Gasteiger partial charge in [0.15, 0.2) is 0 Å². The Hall–Kier alpha value is -3.59. The molecule has 4 aromatic rings. The van der Waals surface area contributed by atoms with Crippen molar-refractivity contribution in [3.8, 4) is 11.4 Å². The highest BCUT2D eigenvalue weighted by atomic mass is 16.5. The van der Waals surface area contributed by atoms with Gasteiger partial charge in [0.25, 0.3) is 0 Å². The van der Waals surface area contributed by atoms with E-state index < -0.39 is 0 Å². The summed E-state index contributed by atoms with van der Waals surface area (Å²) in [6, 6.07) is 16.1. The first kappa shape index (κ1) is 20.0. The molecule has 6 rings (SSSR count). The van der Waals surface area contributed by atoms with Crippen LogP contribution < -0.4 is 0 Å². The number of amides is 1. The SMILES string of the molecule is O=C(CCn1nnc2cc(-c3noc(C4(c5ccccc5)CC4)n3)ccc21)N1CCOCC1. The Kier molecular flexibility index (Phi) is 4.91. The Morgan fingerprint density at radius 2 is 1.88 bits per heavy atom. The first-order valence-corrected chi connectivity index (χ1v) is 11.3. The number of aryl methyl sites for hydroxylation is 1. The minimum absolute atomic E-state index is 0.116. The Labute approximate surface area is 190 Å². The number of rotatable bonds is 6. The molecule has 2 aromatic carbocycles. The maximum absolute atomic E-state index is 12.4. The molecule has 9 nitrogen and oxygen atoms in total. The van der Waals surface area contributed by atoms with Crippen LogP contribution in [0.2, 0.25) is 0 Å². The van der Waals surface area contributed by atoms with Crippen LogP contribution in [0.25, 0.3) is 22.4 Å². The molecule has 0 bridgehead atoms. The van der Waals surface area contributed by atoms with Crippen molar-refractivity contribution in [2.45, 2.75) is 31.2 Å². The fraction of sp³-hybridized carbons (Fsp3) is 0.375. The topological polar surface area (TPSA) is 99.2 Å². The molecule has 168 valence electrons. The lowest BCUT2D eigenvalue weighted by molar-refractivity contribution is -0.135. The predicted octanol–water partition coefficient (Wildman–Crippen LogP) is 2.81. The molecule has 0 atom stereocenters. The highest BCUT2D eigenvalue weighted by Gasteiger charge is 2.50. The van der Waals surface area contributed by atoms with Crippen LogP contribution in [0.3, 0.4) is 0 Å². The normalized spacial score (nSPS) is 17.4. The summed E-state index contributed by atoms with van der Waals surface area (Å²) in [6.07, 6.45) is 2.40. The second kappa shape index (κ2) is 8.08. The second-order valence-corrected chi connectivity index (χ2v) is 8.63. The summed E-state index contributed by atoms with van der Waals surface area (Å²) < 4.78 is 12.8. The third-order valence-corrected chi connectivity index (χ3v) is 6.59. The Morgan fingerprint density at radius 3 is 2.67 bits per heavy atom. The lowest BCUT2D eigenvalue weighted by atomic mass is 9.96. The molecule has 1 aliphatic heterocycles. The van der Waals surface area contributed by atoms with E-state index in [2.05, 4.69) is 27.6 Å².